The van der Waals surface area contributed by atoms with Crippen LogP contribution in [0.5, 0.6) is 11.5 Å². The van der Waals surface area contributed by atoms with Crippen molar-refractivity contribution in [1.82, 2.24) is 24.7 Å². The number of hydrogen-bond donors (Lipinski definition) is 1. The second kappa shape index (κ2) is 10.7. The number of aryl methyl sites for hydroxylation is 1. The van der Waals surface area contributed by atoms with Crippen LogP contribution in [0.25, 0.3) is 11.0 Å². The van der Waals surface area contributed by atoms with Gasteiger partial charge in [0.1, 0.15) is 5.82 Å². The molecular weight excluding hydrogens is 418 g/mol. The first-order valence-electron chi connectivity index (χ1n) is 11.4. The lowest BCUT2D eigenvalue weighted by Crippen LogP contribution is -2.49. The van der Waals surface area contributed by atoms with E-state index in [2.05, 4.69) is 38.9 Å². The maximum Gasteiger partial charge on any atom is 0.234 e. The van der Waals surface area contributed by atoms with Gasteiger partial charge < -0.3 is 19.4 Å². The van der Waals surface area contributed by atoms with E-state index < -0.39 is 0 Å². The van der Waals surface area contributed by atoms with Gasteiger partial charge in [0.15, 0.2) is 11.5 Å². The number of nitrogens with zero attached hydrogens (tertiary/aromatic N) is 4. The standard InChI is InChI=1S/C25H33N5O3/c1-28-21-7-5-4-6-20(21)27-24(28)17-29-12-14-30(15-13-29)18-25(31)26-11-10-19-8-9-22(32-2)23(16-19)33-3/h4-9,16H,10-15,17-18H2,1-3H3,(H,26,31). The number of piperazine rings is 1. The van der Waals surface area contributed by atoms with Crippen LogP contribution in [0.3, 0.4) is 0 Å². The number of rotatable bonds is 9. The van der Waals surface area contributed by atoms with Gasteiger partial charge in [-0.2, -0.15) is 0 Å². The van der Waals surface area contributed by atoms with E-state index >= 15 is 0 Å². The summed E-state index contributed by atoms with van der Waals surface area (Å²) in [5, 5.41) is 3.04. The molecule has 2 aromatic carbocycles. The summed E-state index contributed by atoms with van der Waals surface area (Å²) in [6.45, 7) is 5.49. The predicted octanol–water partition coefficient (Wildman–Crippen LogP) is 2.07. The molecule has 0 spiro atoms. The van der Waals surface area contributed by atoms with Crippen molar-refractivity contribution in [2.75, 3.05) is 53.5 Å². The van der Waals surface area contributed by atoms with Gasteiger partial charge in [0.25, 0.3) is 0 Å². The molecule has 1 saturated heterocycles. The number of hydrogen-bond acceptors (Lipinski definition) is 6. The Labute approximate surface area is 195 Å². The van der Waals surface area contributed by atoms with Crippen molar-refractivity contribution in [1.29, 1.82) is 0 Å². The zero-order chi connectivity index (χ0) is 23.2. The smallest absolute Gasteiger partial charge is 0.234 e. The molecule has 1 N–H and O–H groups in total. The maximum atomic E-state index is 12.4. The summed E-state index contributed by atoms with van der Waals surface area (Å²) >= 11 is 0. The van der Waals surface area contributed by atoms with Crippen LogP contribution in [0.2, 0.25) is 0 Å². The SMILES string of the molecule is COc1ccc(CCNC(=O)CN2CCN(Cc3nc4ccccc4n3C)CC2)cc1OC. The highest BCUT2D eigenvalue weighted by molar-refractivity contribution is 5.78. The highest BCUT2D eigenvalue weighted by Crippen LogP contribution is 2.27. The van der Waals surface area contributed by atoms with Gasteiger partial charge in [0.2, 0.25) is 5.91 Å². The second-order valence-electron chi connectivity index (χ2n) is 8.42. The Kier molecular flexibility index (Phi) is 7.47. The minimum Gasteiger partial charge on any atom is -0.493 e. The van der Waals surface area contributed by atoms with Crippen molar-refractivity contribution >= 4 is 16.9 Å². The minimum atomic E-state index is 0.0688. The zero-order valence-electron chi connectivity index (χ0n) is 19.7. The molecule has 33 heavy (non-hydrogen) atoms. The van der Waals surface area contributed by atoms with Crippen molar-refractivity contribution in [3.05, 3.63) is 53.9 Å². The summed E-state index contributed by atoms with van der Waals surface area (Å²) in [5.74, 6) is 2.57. The molecule has 4 rings (SSSR count). The quantitative estimate of drug-likeness (QED) is 0.537. The summed E-state index contributed by atoms with van der Waals surface area (Å²) in [5.41, 5.74) is 3.30. The van der Waals surface area contributed by atoms with Crippen molar-refractivity contribution < 1.29 is 14.3 Å². The molecule has 3 aromatic rings. The fourth-order valence-electron chi connectivity index (χ4n) is 4.28. The van der Waals surface area contributed by atoms with Gasteiger partial charge in [-0.25, -0.2) is 4.98 Å². The van der Waals surface area contributed by atoms with Gasteiger partial charge in [-0.1, -0.05) is 18.2 Å². The summed E-state index contributed by atoms with van der Waals surface area (Å²) in [6.07, 6.45) is 0.748. The van der Waals surface area contributed by atoms with Crippen molar-refractivity contribution in [3.8, 4) is 11.5 Å². The molecule has 0 bridgehead atoms. The highest BCUT2D eigenvalue weighted by Gasteiger charge is 2.20. The fourth-order valence-corrected chi connectivity index (χ4v) is 4.28. The summed E-state index contributed by atoms with van der Waals surface area (Å²) < 4.78 is 12.8. The summed E-state index contributed by atoms with van der Waals surface area (Å²) in [4.78, 5) is 21.8. The number of carbonyl (C=O) groups is 1. The Morgan fingerprint density at radius 3 is 2.45 bits per heavy atom. The third kappa shape index (κ3) is 5.64. The van der Waals surface area contributed by atoms with E-state index in [9.17, 15) is 4.79 Å². The van der Waals surface area contributed by atoms with Gasteiger partial charge in [0, 0.05) is 39.8 Å². The monoisotopic (exact) mass is 451 g/mol. The first-order valence-corrected chi connectivity index (χ1v) is 11.4. The minimum absolute atomic E-state index is 0.0688. The third-order valence-electron chi connectivity index (χ3n) is 6.26. The van der Waals surface area contributed by atoms with E-state index in [4.69, 9.17) is 14.5 Å². The van der Waals surface area contributed by atoms with Crippen LogP contribution < -0.4 is 14.8 Å². The van der Waals surface area contributed by atoms with Crippen LogP contribution in [0.4, 0.5) is 0 Å². The topological polar surface area (TPSA) is 71.9 Å². The lowest BCUT2D eigenvalue weighted by molar-refractivity contribution is -0.122. The van der Waals surface area contributed by atoms with E-state index in [1.807, 2.05) is 30.3 Å². The lowest BCUT2D eigenvalue weighted by Gasteiger charge is -2.34. The third-order valence-corrected chi connectivity index (χ3v) is 6.26. The molecular formula is C25H33N5O3. The number of methoxy groups -OCH3 is 2. The van der Waals surface area contributed by atoms with Crippen molar-refractivity contribution in [2.45, 2.75) is 13.0 Å². The molecule has 1 amide bonds. The van der Waals surface area contributed by atoms with Crippen LogP contribution in [0.15, 0.2) is 42.5 Å². The molecule has 2 heterocycles. The van der Waals surface area contributed by atoms with Crippen LogP contribution in [0.1, 0.15) is 11.4 Å². The van der Waals surface area contributed by atoms with E-state index in [1.165, 1.54) is 0 Å². The predicted molar refractivity (Wildman–Crippen MR) is 129 cm³/mol. The number of fused-ring (bicyclic) bond motifs is 1. The summed E-state index contributed by atoms with van der Waals surface area (Å²) in [7, 11) is 5.33. The molecule has 1 aromatic heterocycles. The first-order chi connectivity index (χ1) is 16.1. The molecule has 0 radical (unpaired) electrons. The fraction of sp³-hybridized carbons (Fsp3) is 0.440. The molecule has 0 saturated carbocycles. The van der Waals surface area contributed by atoms with Crippen LogP contribution in [-0.4, -0.2) is 78.7 Å². The number of ether oxygens (including phenoxy) is 2. The van der Waals surface area contributed by atoms with E-state index in [1.54, 1.807) is 14.2 Å². The Balaban J connectivity index is 1.19. The molecule has 8 nitrogen and oxygen atoms in total. The van der Waals surface area contributed by atoms with Crippen LogP contribution in [0, 0.1) is 0 Å². The highest BCUT2D eigenvalue weighted by atomic mass is 16.5. The van der Waals surface area contributed by atoms with Crippen molar-refractivity contribution in [2.24, 2.45) is 7.05 Å². The Hall–Kier alpha value is -3.10. The van der Waals surface area contributed by atoms with Crippen LogP contribution in [-0.2, 0) is 24.8 Å². The molecule has 1 fully saturated rings. The number of benzene rings is 2. The number of carbonyl (C=O) groups excluding carboxylic acids is 1. The van der Waals surface area contributed by atoms with Gasteiger partial charge in [-0.15, -0.1) is 0 Å². The van der Waals surface area contributed by atoms with Crippen molar-refractivity contribution in [3.63, 3.8) is 0 Å². The Morgan fingerprint density at radius 2 is 1.73 bits per heavy atom. The first kappa shape index (κ1) is 23.1. The molecule has 8 heteroatoms. The zero-order valence-corrected chi connectivity index (χ0v) is 19.7. The van der Waals surface area contributed by atoms with E-state index in [0.717, 1.165) is 61.6 Å². The number of amides is 1. The Morgan fingerprint density at radius 1 is 1.00 bits per heavy atom. The van der Waals surface area contributed by atoms with Gasteiger partial charge >= 0.3 is 0 Å². The average Bonchev–Trinajstić information content (AvgIpc) is 3.15. The molecule has 0 aliphatic carbocycles. The van der Waals surface area contributed by atoms with Crippen LogP contribution >= 0.6 is 0 Å². The van der Waals surface area contributed by atoms with E-state index in [-0.39, 0.29) is 5.91 Å². The molecule has 176 valence electrons. The number of para-hydroxylation sites is 2. The average molecular weight is 452 g/mol. The van der Waals surface area contributed by atoms with E-state index in [0.29, 0.717) is 24.6 Å². The number of imidazole rings is 1. The second-order valence-corrected chi connectivity index (χ2v) is 8.42. The molecule has 1 aliphatic heterocycles. The van der Waals surface area contributed by atoms with Gasteiger partial charge in [-0.05, 0) is 36.2 Å². The molecule has 1 aliphatic rings. The largest absolute Gasteiger partial charge is 0.493 e. The molecule has 0 atom stereocenters. The normalized spacial score (nSPS) is 15.0. The Bertz CT molecular complexity index is 1090. The molecule has 0 unspecified atom stereocenters. The maximum absolute atomic E-state index is 12.4. The number of aromatic nitrogens is 2. The summed E-state index contributed by atoms with van der Waals surface area (Å²) in [6, 6.07) is 14.1. The lowest BCUT2D eigenvalue weighted by atomic mass is 10.1. The van der Waals surface area contributed by atoms with Gasteiger partial charge in [0.05, 0.1) is 38.3 Å². The van der Waals surface area contributed by atoms with Gasteiger partial charge in [-0.3, -0.25) is 14.6 Å². The number of nitrogens with one attached hydrogen (secondary N) is 1.